The predicted octanol–water partition coefficient (Wildman–Crippen LogP) is 6.69. The molecule has 6 aromatic rings. The highest BCUT2D eigenvalue weighted by atomic mass is 35.5. The number of halogens is 2. The van der Waals surface area contributed by atoms with Crippen molar-refractivity contribution in [3.8, 4) is 22.5 Å². The second-order valence-electron chi connectivity index (χ2n) is 17.8. The van der Waals surface area contributed by atoms with Crippen LogP contribution in [0.1, 0.15) is 82.5 Å². The first-order valence-electron chi connectivity index (χ1n) is 23.5. The number of nitrogens with one attached hydrogen (secondary N) is 6. The van der Waals surface area contributed by atoms with Gasteiger partial charge in [-0.1, -0.05) is 31.2 Å². The van der Waals surface area contributed by atoms with Gasteiger partial charge in [0.05, 0.1) is 53.4 Å². The first-order valence-corrected chi connectivity index (χ1v) is 24.0. The van der Waals surface area contributed by atoms with E-state index in [0.717, 1.165) is 168 Å². The first kappa shape index (κ1) is 48.1. The van der Waals surface area contributed by atoms with Crippen LogP contribution in [-0.4, -0.2) is 129 Å². The maximum atomic E-state index is 12.2. The van der Waals surface area contributed by atoms with Crippen LogP contribution in [-0.2, 0) is 22.3 Å². The molecule has 0 unspecified atom stereocenters. The monoisotopic (exact) mass is 952 g/mol. The molecule has 2 saturated carbocycles. The molecule has 3 fully saturated rings. The van der Waals surface area contributed by atoms with Gasteiger partial charge in [0.2, 0.25) is 0 Å². The van der Waals surface area contributed by atoms with E-state index in [1.54, 1.807) is 0 Å². The number of aromatic nitrogens is 6. The molecular weight excluding hydrogens is 892 g/mol. The molecule has 3 aliphatic heterocycles. The van der Waals surface area contributed by atoms with Crippen LogP contribution in [0.4, 0.5) is 11.6 Å². The number of aromatic amines is 2. The summed E-state index contributed by atoms with van der Waals surface area (Å²) in [5.41, 5.74) is 18.2. The molecule has 1 saturated heterocycles. The molecule has 67 heavy (non-hydrogen) atoms. The van der Waals surface area contributed by atoms with Crippen molar-refractivity contribution in [3.63, 3.8) is 0 Å². The van der Waals surface area contributed by atoms with Gasteiger partial charge in [-0.05, 0) is 70.2 Å². The summed E-state index contributed by atoms with van der Waals surface area (Å²) in [4.78, 5) is 53.2. The number of aryl methyl sites for hydroxylation is 2. The van der Waals surface area contributed by atoms with Crippen molar-refractivity contribution in [1.29, 1.82) is 0 Å². The quantitative estimate of drug-likeness (QED) is 0.0535. The molecule has 0 spiro atoms. The fraction of sp³-hybridized carbons (Fsp3) is 0.469. The van der Waals surface area contributed by atoms with E-state index in [-0.39, 0.29) is 30.3 Å². The van der Waals surface area contributed by atoms with E-state index in [1.807, 2.05) is 62.4 Å². The van der Waals surface area contributed by atoms with E-state index in [1.165, 1.54) is 0 Å². The topological polar surface area (TPSA) is 213 Å². The largest absolute Gasteiger partial charge is 0.380 e. The van der Waals surface area contributed by atoms with Gasteiger partial charge in [-0.3, -0.25) is 14.5 Å². The lowest BCUT2D eigenvalue weighted by atomic mass is 9.85. The molecule has 11 rings (SSSR count). The van der Waals surface area contributed by atoms with Gasteiger partial charge in [0.15, 0.2) is 0 Å². The Morgan fingerprint density at radius 2 is 1.25 bits per heavy atom. The summed E-state index contributed by atoms with van der Waals surface area (Å²) >= 11 is 5.31. The molecule has 356 valence electrons. The third kappa shape index (κ3) is 10.8. The summed E-state index contributed by atoms with van der Waals surface area (Å²) < 4.78 is 10.5. The van der Waals surface area contributed by atoms with Crippen LogP contribution in [0.5, 0.6) is 0 Å². The minimum absolute atomic E-state index is 0. The number of carbonyl (C=O) groups excluding carboxylic acids is 2. The number of amides is 2. The Morgan fingerprint density at radius 1 is 0.746 bits per heavy atom. The first-order chi connectivity index (χ1) is 32.1. The van der Waals surface area contributed by atoms with Gasteiger partial charge in [-0.15, -0.1) is 24.0 Å². The smallest absolute Gasteiger partial charge is 0.253 e. The number of anilines is 2. The van der Waals surface area contributed by atoms with Crippen LogP contribution in [0.15, 0.2) is 48.5 Å². The van der Waals surface area contributed by atoms with Crippen molar-refractivity contribution in [2.24, 2.45) is 5.73 Å². The number of morpholine rings is 1. The summed E-state index contributed by atoms with van der Waals surface area (Å²) in [6.07, 6.45) is 6.87. The normalized spacial score (nSPS) is 20.9. The number of nitrogens with zero attached hydrogens (tertiary/aromatic N) is 5. The summed E-state index contributed by atoms with van der Waals surface area (Å²) in [5.74, 6) is 2.23. The Balaban J connectivity index is 0.000000159. The van der Waals surface area contributed by atoms with E-state index < -0.39 is 0 Å². The van der Waals surface area contributed by atoms with Crippen molar-refractivity contribution >= 4 is 69.5 Å². The van der Waals surface area contributed by atoms with Gasteiger partial charge in [0, 0.05) is 110 Å². The number of fused-ring (bicyclic) bond motifs is 4. The average Bonchev–Trinajstić information content (AvgIpc) is 3.95. The molecule has 4 aromatic heterocycles. The standard InChI is InChI=1S/C24H28N6O2.C20H22N6O.C5H11ClO.ClH/c1-14-23(27-15-11-16(12-15)30-7-9-32-10-8-30)29-22-17(3-2-4-20(22)26-14)21-13-18-19(28-21)5-6-25-24(18)31;1-10-19(24-12-7-11(21)8-12)26-18-13(3-2-4-16(18)23-10)17-9-14-15(25-17)5-6-22-20(14)27;1-2-4-7-5-3-6;/h2-4,13,15-16,28H,5-12H2,1H3,(H,25,31)(H,27,29);2-4,9,11-12,25H,5-8,21H2,1H3,(H,22,27)(H,24,26);2-5H2,1H3;1H. The molecule has 8 N–H and O–H groups in total. The molecule has 0 bridgehead atoms. The number of hydrogen-bond acceptors (Lipinski definition) is 12. The maximum absolute atomic E-state index is 12.2. The van der Waals surface area contributed by atoms with Crippen molar-refractivity contribution < 1.29 is 19.1 Å². The van der Waals surface area contributed by atoms with Gasteiger partial charge in [-0.25, -0.2) is 19.9 Å². The van der Waals surface area contributed by atoms with E-state index in [2.05, 4.69) is 43.1 Å². The molecule has 7 heterocycles. The zero-order valence-corrected chi connectivity index (χ0v) is 40.0. The SMILES string of the molecule is CCCOCCCl.Cc1nc2cccc(-c3cc4c([nH]3)CCNC4=O)c2nc1NC1CC(N)C1.Cc1nc2cccc(-c3cc4c([nH]3)CCNC4=O)c2nc1NC1CC(N2CCOCC2)C1.Cl. The lowest BCUT2D eigenvalue weighted by Gasteiger charge is -2.44. The van der Waals surface area contributed by atoms with Crippen LogP contribution in [0, 0.1) is 13.8 Å². The fourth-order valence-electron chi connectivity index (χ4n) is 9.33. The predicted molar refractivity (Wildman–Crippen MR) is 267 cm³/mol. The summed E-state index contributed by atoms with van der Waals surface area (Å²) in [6, 6.07) is 17.5. The minimum atomic E-state index is -0.0235. The van der Waals surface area contributed by atoms with Gasteiger partial charge in [0.1, 0.15) is 22.7 Å². The molecule has 0 atom stereocenters. The molecule has 2 amide bonds. The summed E-state index contributed by atoms with van der Waals surface area (Å²) in [7, 11) is 0. The maximum Gasteiger partial charge on any atom is 0.253 e. The van der Waals surface area contributed by atoms with Gasteiger partial charge in [0.25, 0.3) is 11.8 Å². The molecule has 2 aliphatic carbocycles. The number of hydrogen-bond donors (Lipinski definition) is 7. The second-order valence-corrected chi connectivity index (χ2v) is 18.2. The third-order valence-corrected chi connectivity index (χ3v) is 13.2. The van der Waals surface area contributed by atoms with E-state index in [0.29, 0.717) is 43.7 Å². The van der Waals surface area contributed by atoms with E-state index in [4.69, 9.17) is 46.7 Å². The number of carbonyl (C=O) groups is 2. The van der Waals surface area contributed by atoms with Crippen LogP contribution < -0.4 is 27.0 Å². The Labute approximate surface area is 402 Å². The van der Waals surface area contributed by atoms with Crippen molar-refractivity contribution in [2.75, 3.05) is 69.1 Å². The van der Waals surface area contributed by atoms with E-state index >= 15 is 0 Å². The lowest BCUT2D eigenvalue weighted by molar-refractivity contribution is -0.00439. The molecule has 0 radical (unpaired) electrons. The fourth-order valence-corrected chi connectivity index (χ4v) is 9.44. The number of H-pyrrole nitrogens is 2. The minimum Gasteiger partial charge on any atom is -0.380 e. The van der Waals surface area contributed by atoms with Crippen LogP contribution in [0.25, 0.3) is 44.6 Å². The summed E-state index contributed by atoms with van der Waals surface area (Å²) in [5, 5.41) is 12.9. The highest BCUT2D eigenvalue weighted by Crippen LogP contribution is 2.34. The molecule has 18 heteroatoms. The van der Waals surface area contributed by atoms with E-state index in [9.17, 15) is 9.59 Å². The molecule has 16 nitrogen and oxygen atoms in total. The third-order valence-electron chi connectivity index (χ3n) is 13.0. The van der Waals surface area contributed by atoms with Gasteiger partial charge in [-0.2, -0.15) is 0 Å². The number of nitrogens with two attached hydrogens (primary N) is 1. The Bertz CT molecular complexity index is 2690. The Hall–Kier alpha value is -5.36. The summed E-state index contributed by atoms with van der Waals surface area (Å²) in [6.45, 7) is 12.7. The van der Waals surface area contributed by atoms with Crippen molar-refractivity contribution in [3.05, 3.63) is 82.4 Å². The molecular formula is C49H62Cl2N12O4. The van der Waals surface area contributed by atoms with Crippen LogP contribution in [0.3, 0.4) is 0 Å². The van der Waals surface area contributed by atoms with Crippen LogP contribution >= 0.6 is 24.0 Å². The zero-order chi connectivity index (χ0) is 45.7. The molecule has 2 aromatic carbocycles. The number of para-hydroxylation sites is 2. The highest BCUT2D eigenvalue weighted by molar-refractivity contribution is 6.18. The molecule has 5 aliphatic rings. The average molecular weight is 954 g/mol. The number of ether oxygens (including phenoxy) is 2. The number of alkyl halides is 1. The van der Waals surface area contributed by atoms with Gasteiger partial charge < -0.3 is 46.4 Å². The number of rotatable bonds is 11. The zero-order valence-electron chi connectivity index (χ0n) is 38.5. The number of benzene rings is 2. The van der Waals surface area contributed by atoms with Crippen LogP contribution in [0.2, 0.25) is 0 Å². The lowest BCUT2D eigenvalue weighted by Crippen LogP contribution is -2.53. The van der Waals surface area contributed by atoms with Crippen molar-refractivity contribution in [1.82, 2.24) is 45.4 Å². The second kappa shape index (κ2) is 21.7. The Kier molecular flexibility index (Phi) is 15.6. The highest BCUT2D eigenvalue weighted by Gasteiger charge is 2.35. The Morgan fingerprint density at radius 3 is 1.72 bits per heavy atom. The van der Waals surface area contributed by atoms with Gasteiger partial charge >= 0.3 is 0 Å². The van der Waals surface area contributed by atoms with Crippen molar-refractivity contribution in [2.45, 2.75) is 89.9 Å².